The van der Waals surface area contributed by atoms with Gasteiger partial charge in [0.1, 0.15) is 10.6 Å². The van der Waals surface area contributed by atoms with Crippen molar-refractivity contribution in [3.05, 3.63) is 81.3 Å². The summed E-state index contributed by atoms with van der Waals surface area (Å²) < 4.78 is 6.98. The molecule has 8 heteroatoms. The molecule has 1 atom stereocenters. The van der Waals surface area contributed by atoms with E-state index in [4.69, 9.17) is 9.40 Å². The molecule has 4 rings (SSSR count). The number of carbonyl (C=O) groups is 1. The molecule has 1 aromatic carbocycles. The Morgan fingerprint density at radius 1 is 1.25 bits per heavy atom. The van der Waals surface area contributed by atoms with Crippen molar-refractivity contribution in [3.63, 3.8) is 0 Å². The first-order valence-corrected chi connectivity index (χ1v) is 12.3. The molecule has 0 aliphatic carbocycles. The standard InChI is InChI=1S/C24H25N3O3S2/c1-3-19-14-20-22(32-19)26-24(27(23(20)29)12-11-17-8-5-4-6-9-17)31-16(2)21(28)25-15-18-10-7-13-30-18/h4-10,13-14,16H,3,11-12,15H2,1-2H3,(H,25,28). The van der Waals surface area contributed by atoms with E-state index < -0.39 is 5.25 Å². The number of thioether (sulfide) groups is 1. The van der Waals surface area contributed by atoms with Crippen LogP contribution in [-0.4, -0.2) is 20.7 Å². The summed E-state index contributed by atoms with van der Waals surface area (Å²) in [6, 6.07) is 15.6. The average Bonchev–Trinajstić information content (AvgIpc) is 3.47. The van der Waals surface area contributed by atoms with Crippen LogP contribution in [0.4, 0.5) is 0 Å². The first kappa shape index (κ1) is 22.4. The van der Waals surface area contributed by atoms with Crippen LogP contribution in [0.25, 0.3) is 10.2 Å². The van der Waals surface area contributed by atoms with Gasteiger partial charge in [0.2, 0.25) is 5.91 Å². The van der Waals surface area contributed by atoms with Crippen molar-refractivity contribution in [2.45, 2.75) is 50.2 Å². The Kier molecular flexibility index (Phi) is 7.12. The first-order chi connectivity index (χ1) is 15.5. The van der Waals surface area contributed by atoms with Crippen LogP contribution in [0.1, 0.15) is 30.0 Å². The second kappa shape index (κ2) is 10.2. The van der Waals surface area contributed by atoms with Gasteiger partial charge in [-0.1, -0.05) is 49.0 Å². The third-order valence-electron chi connectivity index (χ3n) is 5.15. The molecule has 1 amide bonds. The van der Waals surface area contributed by atoms with Crippen LogP contribution in [0.2, 0.25) is 0 Å². The normalized spacial score (nSPS) is 12.2. The third-order valence-corrected chi connectivity index (χ3v) is 7.41. The summed E-state index contributed by atoms with van der Waals surface area (Å²) in [5.41, 5.74) is 1.10. The van der Waals surface area contributed by atoms with Crippen molar-refractivity contribution < 1.29 is 9.21 Å². The lowest BCUT2D eigenvalue weighted by Crippen LogP contribution is -2.31. The van der Waals surface area contributed by atoms with Crippen molar-refractivity contribution in [2.75, 3.05) is 0 Å². The van der Waals surface area contributed by atoms with E-state index in [1.165, 1.54) is 11.8 Å². The van der Waals surface area contributed by atoms with Gasteiger partial charge in [-0.15, -0.1) is 11.3 Å². The second-order valence-electron chi connectivity index (χ2n) is 7.43. The van der Waals surface area contributed by atoms with Gasteiger partial charge in [-0.2, -0.15) is 0 Å². The number of furan rings is 1. The summed E-state index contributed by atoms with van der Waals surface area (Å²) in [5.74, 6) is 0.566. The molecule has 32 heavy (non-hydrogen) atoms. The van der Waals surface area contributed by atoms with E-state index in [1.807, 2.05) is 49.4 Å². The zero-order chi connectivity index (χ0) is 22.5. The van der Waals surface area contributed by atoms with Crippen LogP contribution in [0.5, 0.6) is 0 Å². The highest BCUT2D eigenvalue weighted by Crippen LogP contribution is 2.27. The van der Waals surface area contributed by atoms with E-state index in [0.29, 0.717) is 35.8 Å². The van der Waals surface area contributed by atoms with Crippen LogP contribution in [0, 0.1) is 0 Å². The molecule has 0 fully saturated rings. The van der Waals surface area contributed by atoms with Crippen molar-refractivity contribution in [2.24, 2.45) is 0 Å². The minimum absolute atomic E-state index is 0.0485. The van der Waals surface area contributed by atoms with Gasteiger partial charge in [0.05, 0.1) is 23.4 Å². The number of fused-ring (bicyclic) bond motifs is 1. The van der Waals surface area contributed by atoms with Crippen molar-refractivity contribution in [3.8, 4) is 0 Å². The Labute approximate surface area is 194 Å². The fraction of sp³-hybridized carbons (Fsp3) is 0.292. The number of aryl methyl sites for hydroxylation is 2. The number of thiophene rings is 1. The number of nitrogens with one attached hydrogen (secondary N) is 1. The van der Waals surface area contributed by atoms with E-state index in [2.05, 4.69) is 12.2 Å². The first-order valence-electron chi connectivity index (χ1n) is 10.6. The van der Waals surface area contributed by atoms with Gasteiger partial charge >= 0.3 is 0 Å². The van der Waals surface area contributed by atoms with E-state index in [9.17, 15) is 9.59 Å². The molecule has 0 bridgehead atoms. The molecule has 0 saturated carbocycles. The summed E-state index contributed by atoms with van der Waals surface area (Å²) in [6.07, 6.45) is 3.15. The maximum absolute atomic E-state index is 13.3. The zero-order valence-electron chi connectivity index (χ0n) is 18.0. The molecule has 1 N–H and O–H groups in total. The molecule has 4 aromatic rings. The molecule has 0 spiro atoms. The van der Waals surface area contributed by atoms with Crippen LogP contribution in [0.15, 0.2) is 69.2 Å². The summed E-state index contributed by atoms with van der Waals surface area (Å²) >= 11 is 2.85. The van der Waals surface area contributed by atoms with Crippen molar-refractivity contribution in [1.29, 1.82) is 0 Å². The van der Waals surface area contributed by atoms with Gasteiger partial charge in [-0.25, -0.2) is 4.98 Å². The second-order valence-corrected chi connectivity index (χ2v) is 9.85. The van der Waals surface area contributed by atoms with Crippen LogP contribution in [0.3, 0.4) is 0 Å². The highest BCUT2D eigenvalue weighted by molar-refractivity contribution is 8.00. The summed E-state index contributed by atoms with van der Waals surface area (Å²) in [5, 5.41) is 3.69. The maximum atomic E-state index is 13.3. The Hall–Kier alpha value is -2.84. The number of carbonyl (C=O) groups excluding carboxylic acids is 1. The predicted molar refractivity (Wildman–Crippen MR) is 129 cm³/mol. The largest absolute Gasteiger partial charge is 0.467 e. The zero-order valence-corrected chi connectivity index (χ0v) is 19.7. The molecule has 1 unspecified atom stereocenters. The molecular weight excluding hydrogens is 442 g/mol. The Morgan fingerprint density at radius 2 is 2.06 bits per heavy atom. The van der Waals surface area contributed by atoms with E-state index >= 15 is 0 Å². The minimum Gasteiger partial charge on any atom is -0.467 e. The SMILES string of the molecule is CCc1cc2c(=O)n(CCc3ccccc3)c(SC(C)C(=O)NCc3ccco3)nc2s1. The Bertz CT molecular complexity index is 1250. The highest BCUT2D eigenvalue weighted by atomic mass is 32.2. The number of nitrogens with zero attached hydrogens (tertiary/aromatic N) is 2. The van der Waals surface area contributed by atoms with Crippen LogP contribution < -0.4 is 10.9 Å². The van der Waals surface area contributed by atoms with Crippen LogP contribution >= 0.6 is 23.1 Å². The van der Waals surface area contributed by atoms with Crippen molar-refractivity contribution in [1.82, 2.24) is 14.9 Å². The lowest BCUT2D eigenvalue weighted by Gasteiger charge is -2.15. The smallest absolute Gasteiger partial charge is 0.262 e. The molecule has 0 aliphatic rings. The summed E-state index contributed by atoms with van der Waals surface area (Å²) in [6.45, 7) is 4.73. The van der Waals surface area contributed by atoms with E-state index in [1.54, 1.807) is 28.2 Å². The molecule has 166 valence electrons. The number of benzene rings is 1. The average molecular weight is 468 g/mol. The van der Waals surface area contributed by atoms with Gasteiger partial charge in [0.25, 0.3) is 5.56 Å². The Balaban J connectivity index is 1.58. The van der Waals surface area contributed by atoms with Gasteiger partial charge in [0.15, 0.2) is 5.16 Å². The monoisotopic (exact) mass is 467 g/mol. The molecule has 0 saturated heterocycles. The third kappa shape index (κ3) is 5.14. The number of aromatic nitrogens is 2. The number of rotatable bonds is 9. The number of hydrogen-bond acceptors (Lipinski definition) is 6. The Morgan fingerprint density at radius 3 is 2.78 bits per heavy atom. The molecule has 0 radical (unpaired) electrons. The highest BCUT2D eigenvalue weighted by Gasteiger charge is 2.20. The van der Waals surface area contributed by atoms with E-state index in [0.717, 1.165) is 21.7 Å². The van der Waals surface area contributed by atoms with Gasteiger partial charge < -0.3 is 9.73 Å². The molecule has 3 aromatic heterocycles. The predicted octanol–water partition coefficient (Wildman–Crippen LogP) is 4.65. The van der Waals surface area contributed by atoms with E-state index in [-0.39, 0.29) is 11.5 Å². The topological polar surface area (TPSA) is 77.1 Å². The van der Waals surface area contributed by atoms with Gasteiger partial charge in [0, 0.05) is 11.4 Å². The minimum atomic E-state index is -0.414. The van der Waals surface area contributed by atoms with Crippen molar-refractivity contribution >= 4 is 39.2 Å². The molecular formula is C24H25N3O3S2. The van der Waals surface area contributed by atoms with Gasteiger partial charge in [-0.05, 0) is 43.5 Å². The molecule has 3 heterocycles. The summed E-state index contributed by atoms with van der Waals surface area (Å²) in [7, 11) is 0. The van der Waals surface area contributed by atoms with Crippen LogP contribution in [-0.2, 0) is 30.7 Å². The number of hydrogen-bond donors (Lipinski definition) is 1. The number of amides is 1. The molecule has 6 nitrogen and oxygen atoms in total. The summed E-state index contributed by atoms with van der Waals surface area (Å²) in [4.78, 5) is 32.6. The lowest BCUT2D eigenvalue weighted by molar-refractivity contribution is -0.120. The molecule has 0 aliphatic heterocycles. The fourth-order valence-corrected chi connectivity index (χ4v) is 5.30. The van der Waals surface area contributed by atoms with Gasteiger partial charge in [-0.3, -0.25) is 14.2 Å². The quantitative estimate of drug-likeness (QED) is 0.286. The maximum Gasteiger partial charge on any atom is 0.262 e. The lowest BCUT2D eigenvalue weighted by atomic mass is 10.1. The fourth-order valence-electron chi connectivity index (χ4n) is 3.34.